The molecule has 59 valence electrons. The van der Waals surface area contributed by atoms with Gasteiger partial charge in [-0.3, -0.25) is 0 Å². The zero-order valence-electron chi connectivity index (χ0n) is 5.52. The van der Waals surface area contributed by atoms with Crippen molar-refractivity contribution >= 4 is 22.7 Å². The first-order valence-electron chi connectivity index (χ1n) is 2.80. The molecule has 11 heavy (non-hydrogen) atoms. The van der Waals surface area contributed by atoms with Crippen LogP contribution in [0.5, 0.6) is 0 Å². The van der Waals surface area contributed by atoms with Gasteiger partial charge in [-0.05, 0) is 12.1 Å². The van der Waals surface area contributed by atoms with Gasteiger partial charge in [0, 0.05) is 0 Å². The molecule has 0 heterocycles. The summed E-state index contributed by atoms with van der Waals surface area (Å²) in [5.41, 5.74) is 0. The number of nitrogens with two attached hydrogens (primary N) is 1. The largest absolute Gasteiger partial charge is 0.239 e. The highest BCUT2D eigenvalue weighted by atomic mass is 32.2. The first kappa shape index (κ1) is 8.45. The van der Waals surface area contributed by atoms with E-state index in [1.165, 1.54) is 12.1 Å². The highest BCUT2D eigenvalue weighted by Gasteiger charge is 2.10. The second-order valence-corrected chi connectivity index (χ2v) is 3.96. The van der Waals surface area contributed by atoms with Crippen molar-refractivity contribution in [3.8, 4) is 0 Å². The lowest BCUT2D eigenvalue weighted by Crippen LogP contribution is -2.12. The number of hydrogen-bond donors (Lipinski definition) is 1. The molecule has 0 atom stereocenters. The second kappa shape index (κ2) is 2.77. The molecule has 0 bridgehead atoms. The molecule has 0 saturated carbocycles. The lowest BCUT2D eigenvalue weighted by Gasteiger charge is -1.98. The van der Waals surface area contributed by atoms with Crippen molar-refractivity contribution in [2.45, 2.75) is 9.79 Å². The van der Waals surface area contributed by atoms with E-state index < -0.39 is 10.0 Å². The highest BCUT2D eigenvalue weighted by molar-refractivity contribution is 7.90. The van der Waals surface area contributed by atoms with Crippen LogP contribution in [0.25, 0.3) is 0 Å². The van der Waals surface area contributed by atoms with Gasteiger partial charge in [-0.1, -0.05) is 24.8 Å². The van der Waals surface area contributed by atoms with Crippen molar-refractivity contribution < 1.29 is 8.42 Å². The Morgan fingerprint density at radius 1 is 1.27 bits per heavy atom. The third kappa shape index (κ3) is 1.89. The van der Waals surface area contributed by atoms with Crippen LogP contribution in [0.3, 0.4) is 0 Å². The van der Waals surface area contributed by atoms with Crippen molar-refractivity contribution in [2.24, 2.45) is 5.14 Å². The predicted molar refractivity (Wildman–Crippen MR) is 43.7 cm³/mol. The van der Waals surface area contributed by atoms with E-state index in [0.717, 1.165) is 0 Å². The summed E-state index contributed by atoms with van der Waals surface area (Å²) in [7, 11) is -3.64. The molecule has 0 aliphatic heterocycles. The van der Waals surface area contributed by atoms with Gasteiger partial charge in [0.1, 0.15) is 0 Å². The lowest BCUT2D eigenvalue weighted by molar-refractivity contribution is 0.596. The van der Waals surface area contributed by atoms with E-state index in [2.05, 4.69) is 0 Å². The Hall–Kier alpha value is -0.650. The molecule has 0 unspecified atom stereocenters. The monoisotopic (exact) mass is 188 g/mol. The SMILES string of the molecule is NS(=O)(=O)c1ccccc1[S]. The fourth-order valence-electron chi connectivity index (χ4n) is 0.685. The standard InChI is InChI=1S/C6H6NO2S2/c7-11(8,9)6-4-2-1-3-5(6)10/h1-4H,(H2,7,8,9). The predicted octanol–water partition coefficient (Wildman–Crippen LogP) is 0.890. The maximum atomic E-state index is 10.8. The van der Waals surface area contributed by atoms with E-state index in [1.807, 2.05) is 0 Å². The van der Waals surface area contributed by atoms with Gasteiger partial charge in [-0.15, -0.1) is 0 Å². The molecule has 2 N–H and O–H groups in total. The van der Waals surface area contributed by atoms with Gasteiger partial charge in [0.25, 0.3) is 0 Å². The van der Waals surface area contributed by atoms with E-state index in [-0.39, 0.29) is 9.79 Å². The first-order valence-corrected chi connectivity index (χ1v) is 4.76. The number of primary sulfonamides is 1. The smallest absolute Gasteiger partial charge is 0.225 e. The van der Waals surface area contributed by atoms with Crippen molar-refractivity contribution in [1.29, 1.82) is 0 Å². The number of sulfonamides is 1. The van der Waals surface area contributed by atoms with Gasteiger partial charge < -0.3 is 0 Å². The maximum Gasteiger partial charge on any atom is 0.239 e. The van der Waals surface area contributed by atoms with E-state index >= 15 is 0 Å². The second-order valence-electron chi connectivity index (χ2n) is 1.99. The van der Waals surface area contributed by atoms with E-state index in [1.54, 1.807) is 12.1 Å². The Morgan fingerprint density at radius 2 is 1.82 bits per heavy atom. The minimum atomic E-state index is -3.64. The van der Waals surface area contributed by atoms with Crippen LogP contribution in [-0.2, 0) is 10.0 Å². The van der Waals surface area contributed by atoms with Crippen LogP contribution in [0, 0.1) is 0 Å². The third-order valence-electron chi connectivity index (χ3n) is 1.16. The average molecular weight is 188 g/mol. The molecule has 5 heteroatoms. The van der Waals surface area contributed by atoms with E-state index in [0.29, 0.717) is 0 Å². The summed E-state index contributed by atoms with van der Waals surface area (Å²) in [5, 5.41) is 4.86. The summed E-state index contributed by atoms with van der Waals surface area (Å²) in [6.07, 6.45) is 0. The average Bonchev–Trinajstić information content (AvgIpc) is 1.86. The summed E-state index contributed by atoms with van der Waals surface area (Å²) in [6.45, 7) is 0. The number of rotatable bonds is 1. The Kier molecular flexibility index (Phi) is 2.12. The van der Waals surface area contributed by atoms with Crippen LogP contribution in [0.1, 0.15) is 0 Å². The summed E-state index contributed by atoms with van der Waals surface area (Å²) in [5.74, 6) is 0. The van der Waals surface area contributed by atoms with Gasteiger partial charge in [-0.2, -0.15) is 0 Å². The molecule has 1 radical (unpaired) electrons. The molecule has 1 rings (SSSR count). The normalized spacial score (nSPS) is 11.4. The minimum absolute atomic E-state index is 0.00926. The Morgan fingerprint density at radius 3 is 2.18 bits per heavy atom. The zero-order valence-corrected chi connectivity index (χ0v) is 7.15. The highest BCUT2D eigenvalue weighted by Crippen LogP contribution is 2.16. The molecule has 1 aromatic rings. The van der Waals surface area contributed by atoms with Crippen LogP contribution in [0.15, 0.2) is 34.1 Å². The molecule has 0 aromatic heterocycles. The Bertz CT molecular complexity index is 359. The van der Waals surface area contributed by atoms with Gasteiger partial charge in [0.05, 0.1) is 9.79 Å². The van der Waals surface area contributed by atoms with Crippen molar-refractivity contribution in [2.75, 3.05) is 0 Å². The molecule has 0 amide bonds. The van der Waals surface area contributed by atoms with Gasteiger partial charge >= 0.3 is 0 Å². The molecule has 0 spiro atoms. The summed E-state index contributed by atoms with van der Waals surface area (Å²) < 4.78 is 21.5. The van der Waals surface area contributed by atoms with Crippen molar-refractivity contribution in [3.05, 3.63) is 24.3 Å². The molecular formula is C6H6NO2S2. The third-order valence-corrected chi connectivity index (χ3v) is 2.61. The Balaban J connectivity index is 3.37. The van der Waals surface area contributed by atoms with E-state index in [9.17, 15) is 8.42 Å². The van der Waals surface area contributed by atoms with Gasteiger partial charge in [-0.25, -0.2) is 13.6 Å². The molecule has 0 fully saturated rings. The maximum absolute atomic E-state index is 10.8. The zero-order chi connectivity index (χ0) is 8.48. The van der Waals surface area contributed by atoms with Crippen LogP contribution < -0.4 is 5.14 Å². The molecule has 0 aliphatic carbocycles. The summed E-state index contributed by atoms with van der Waals surface area (Å²) in [4.78, 5) is 0.269. The fraction of sp³-hybridized carbons (Fsp3) is 0. The lowest BCUT2D eigenvalue weighted by atomic mass is 10.4. The first-order chi connectivity index (χ1) is 5.02. The number of hydrogen-bond acceptors (Lipinski definition) is 2. The molecule has 3 nitrogen and oxygen atoms in total. The Labute approximate surface area is 70.7 Å². The summed E-state index contributed by atoms with van der Waals surface area (Å²) >= 11 is 4.74. The van der Waals surface area contributed by atoms with Gasteiger partial charge in [0.2, 0.25) is 10.0 Å². The molecule has 1 aromatic carbocycles. The molecule has 0 aliphatic rings. The van der Waals surface area contributed by atoms with Gasteiger partial charge in [0.15, 0.2) is 0 Å². The van der Waals surface area contributed by atoms with Crippen LogP contribution in [0.2, 0.25) is 0 Å². The minimum Gasteiger partial charge on any atom is -0.225 e. The van der Waals surface area contributed by atoms with Crippen molar-refractivity contribution in [3.63, 3.8) is 0 Å². The quantitative estimate of drug-likeness (QED) is 0.711. The van der Waals surface area contributed by atoms with Crippen LogP contribution in [0.4, 0.5) is 0 Å². The topological polar surface area (TPSA) is 60.2 Å². The van der Waals surface area contributed by atoms with Crippen LogP contribution >= 0.6 is 12.6 Å². The van der Waals surface area contributed by atoms with Crippen molar-refractivity contribution in [1.82, 2.24) is 0 Å². The summed E-state index contributed by atoms with van der Waals surface area (Å²) in [6, 6.07) is 6.15. The fourth-order valence-corrected chi connectivity index (χ4v) is 1.80. The van der Waals surface area contributed by atoms with E-state index in [4.69, 9.17) is 17.8 Å². The number of benzene rings is 1. The van der Waals surface area contributed by atoms with Crippen LogP contribution in [-0.4, -0.2) is 8.42 Å². The molecular weight excluding hydrogens is 182 g/mol. The molecule has 0 saturated heterocycles.